The number of hydrogen-bond donors (Lipinski definition) is 1. The van der Waals surface area contributed by atoms with Crippen LogP contribution in [0.25, 0.3) is 33.2 Å². The van der Waals surface area contributed by atoms with E-state index in [1.807, 2.05) is 18.3 Å². The van der Waals surface area contributed by atoms with Crippen LogP contribution >= 0.6 is 0 Å². The van der Waals surface area contributed by atoms with Crippen molar-refractivity contribution in [1.29, 1.82) is 0 Å². The monoisotopic (exact) mass is 392 g/mol. The third-order valence-electron chi connectivity index (χ3n) is 5.60. The molecule has 1 fully saturated rings. The molecule has 0 radical (unpaired) electrons. The highest BCUT2D eigenvalue weighted by molar-refractivity contribution is 5.85. The second-order valence-electron chi connectivity index (χ2n) is 7.75. The van der Waals surface area contributed by atoms with Crippen molar-refractivity contribution in [1.82, 2.24) is 29.6 Å². The first-order valence-electron chi connectivity index (χ1n) is 9.74. The number of nitrogens with one attached hydrogen (secondary N) is 1. The van der Waals surface area contributed by atoms with Crippen molar-refractivity contribution in [3.8, 4) is 11.4 Å². The molecule has 0 bridgehead atoms. The van der Waals surface area contributed by atoms with Gasteiger partial charge in [0.2, 0.25) is 0 Å². The average molecular weight is 392 g/mol. The van der Waals surface area contributed by atoms with Crippen LogP contribution in [-0.4, -0.2) is 36.9 Å². The number of fused-ring (bicyclic) bond motifs is 2. The van der Waals surface area contributed by atoms with Gasteiger partial charge in [-0.25, -0.2) is 14.4 Å². The maximum atomic E-state index is 14.4. The Morgan fingerprint density at radius 3 is 3.00 bits per heavy atom. The summed E-state index contributed by atoms with van der Waals surface area (Å²) in [6, 6.07) is 5.59. The zero-order chi connectivity index (χ0) is 20.1. The molecule has 0 amide bonds. The van der Waals surface area contributed by atoms with E-state index in [2.05, 4.69) is 27.3 Å². The molecule has 0 aliphatic carbocycles. The molecule has 29 heavy (non-hydrogen) atoms. The summed E-state index contributed by atoms with van der Waals surface area (Å²) in [5.41, 5.74) is 1.35. The summed E-state index contributed by atoms with van der Waals surface area (Å²) in [4.78, 5) is 21.9. The molecule has 2 atom stereocenters. The molecule has 1 aromatic carbocycles. The first kappa shape index (κ1) is 17.9. The van der Waals surface area contributed by atoms with E-state index in [1.54, 1.807) is 28.7 Å². The van der Waals surface area contributed by atoms with Gasteiger partial charge in [-0.3, -0.25) is 9.48 Å². The fourth-order valence-electron chi connectivity index (χ4n) is 4.17. The van der Waals surface area contributed by atoms with Crippen molar-refractivity contribution in [2.75, 3.05) is 6.54 Å². The lowest BCUT2D eigenvalue weighted by molar-refractivity contribution is 0.309. The molecular formula is C21H21FN6O. The molecule has 7 nitrogen and oxygen atoms in total. The van der Waals surface area contributed by atoms with Crippen molar-refractivity contribution < 1.29 is 4.39 Å². The third kappa shape index (κ3) is 3.09. The van der Waals surface area contributed by atoms with Crippen molar-refractivity contribution in [3.63, 3.8) is 0 Å². The number of aromatic nitrogens is 5. The summed E-state index contributed by atoms with van der Waals surface area (Å²) in [6.45, 7) is 3.03. The molecule has 5 rings (SSSR count). The van der Waals surface area contributed by atoms with E-state index in [-0.39, 0.29) is 11.6 Å². The lowest BCUT2D eigenvalue weighted by atomic mass is 10.00. The minimum Gasteiger partial charge on any atom is -0.314 e. The van der Waals surface area contributed by atoms with Crippen LogP contribution in [0.2, 0.25) is 0 Å². The SMILES string of the molecule is C[C@H]1C[C@@H](n2ccc3nc(-c4cc(F)c5nn(C)cc5c4)ncc3c2=O)CCN1. The maximum Gasteiger partial charge on any atom is 0.261 e. The van der Waals surface area contributed by atoms with Crippen molar-refractivity contribution in [3.05, 3.63) is 53.0 Å². The molecule has 1 aliphatic heterocycles. The molecule has 0 spiro atoms. The molecular weight excluding hydrogens is 371 g/mol. The highest BCUT2D eigenvalue weighted by Gasteiger charge is 2.21. The number of aryl methyl sites for hydroxylation is 1. The highest BCUT2D eigenvalue weighted by Crippen LogP contribution is 2.25. The summed E-state index contributed by atoms with van der Waals surface area (Å²) < 4.78 is 17.8. The molecule has 1 aliphatic rings. The van der Waals surface area contributed by atoms with Crippen molar-refractivity contribution in [2.24, 2.45) is 7.05 Å². The topological polar surface area (TPSA) is 77.6 Å². The second kappa shape index (κ2) is 6.73. The van der Waals surface area contributed by atoms with Crippen LogP contribution in [0.3, 0.4) is 0 Å². The van der Waals surface area contributed by atoms with Crippen LogP contribution in [0.4, 0.5) is 4.39 Å². The fraction of sp³-hybridized carbons (Fsp3) is 0.333. The molecule has 1 saturated heterocycles. The molecule has 148 valence electrons. The summed E-state index contributed by atoms with van der Waals surface area (Å²) in [5.74, 6) is -0.0352. The Kier molecular flexibility index (Phi) is 4.16. The van der Waals surface area contributed by atoms with Gasteiger partial charge in [0.05, 0.1) is 10.9 Å². The minimum atomic E-state index is -0.419. The van der Waals surface area contributed by atoms with Gasteiger partial charge in [-0.05, 0) is 44.5 Å². The number of rotatable bonds is 2. The second-order valence-corrected chi connectivity index (χ2v) is 7.75. The first-order chi connectivity index (χ1) is 14.0. The van der Waals surface area contributed by atoms with E-state index >= 15 is 0 Å². The first-order valence-corrected chi connectivity index (χ1v) is 9.74. The normalized spacial score (nSPS) is 19.8. The van der Waals surface area contributed by atoms with E-state index in [0.29, 0.717) is 39.2 Å². The van der Waals surface area contributed by atoms with Gasteiger partial charge in [-0.15, -0.1) is 0 Å². The number of pyridine rings is 1. The Morgan fingerprint density at radius 2 is 2.17 bits per heavy atom. The molecule has 4 aromatic rings. The summed E-state index contributed by atoms with van der Waals surface area (Å²) in [5, 5.41) is 8.69. The predicted molar refractivity (Wildman–Crippen MR) is 109 cm³/mol. The van der Waals surface area contributed by atoms with Crippen LogP contribution in [0, 0.1) is 5.82 Å². The van der Waals surface area contributed by atoms with Gasteiger partial charge in [0.15, 0.2) is 11.6 Å². The van der Waals surface area contributed by atoms with Crippen LogP contribution < -0.4 is 10.9 Å². The van der Waals surface area contributed by atoms with E-state index in [9.17, 15) is 9.18 Å². The average Bonchev–Trinajstić information content (AvgIpc) is 3.09. The molecule has 0 unspecified atom stereocenters. The van der Waals surface area contributed by atoms with Crippen LogP contribution in [0.5, 0.6) is 0 Å². The van der Waals surface area contributed by atoms with Crippen LogP contribution in [-0.2, 0) is 7.05 Å². The zero-order valence-corrected chi connectivity index (χ0v) is 16.3. The maximum absolute atomic E-state index is 14.4. The largest absolute Gasteiger partial charge is 0.314 e. The van der Waals surface area contributed by atoms with Crippen molar-refractivity contribution >= 4 is 21.8 Å². The van der Waals surface area contributed by atoms with E-state index in [1.165, 1.54) is 6.07 Å². The highest BCUT2D eigenvalue weighted by atomic mass is 19.1. The predicted octanol–water partition coefficient (Wildman–Crippen LogP) is 2.80. The van der Waals surface area contributed by atoms with Gasteiger partial charge in [0.1, 0.15) is 5.52 Å². The number of hydrogen-bond acceptors (Lipinski definition) is 5. The van der Waals surface area contributed by atoms with Gasteiger partial charge in [0, 0.05) is 48.7 Å². The fourth-order valence-corrected chi connectivity index (χ4v) is 4.17. The van der Waals surface area contributed by atoms with E-state index in [0.717, 1.165) is 19.4 Å². The number of benzene rings is 1. The zero-order valence-electron chi connectivity index (χ0n) is 16.3. The Labute approximate surface area is 166 Å². The Hall–Kier alpha value is -3.13. The lowest BCUT2D eigenvalue weighted by Gasteiger charge is -2.29. The van der Waals surface area contributed by atoms with E-state index < -0.39 is 5.82 Å². The number of nitrogens with zero attached hydrogens (tertiary/aromatic N) is 5. The van der Waals surface area contributed by atoms with Crippen LogP contribution in [0.1, 0.15) is 25.8 Å². The Morgan fingerprint density at radius 1 is 1.31 bits per heavy atom. The standard InChI is InChI=1S/C21H21FN6O/c1-12-7-15(3-5-23-12)28-6-4-18-16(21(28)29)10-24-20(25-18)13-8-14-11-27(2)26-19(14)17(22)9-13/h4,6,8-12,15,23H,3,5,7H2,1-2H3/t12-,15-/m0/s1. The molecule has 0 saturated carbocycles. The summed E-state index contributed by atoms with van der Waals surface area (Å²) >= 11 is 0. The summed E-state index contributed by atoms with van der Waals surface area (Å²) in [7, 11) is 1.75. The van der Waals surface area contributed by atoms with Gasteiger partial charge in [0.25, 0.3) is 5.56 Å². The minimum absolute atomic E-state index is 0.0814. The molecule has 8 heteroatoms. The van der Waals surface area contributed by atoms with E-state index in [4.69, 9.17) is 0 Å². The number of halogens is 1. The third-order valence-corrected chi connectivity index (χ3v) is 5.60. The molecule has 4 heterocycles. The lowest BCUT2D eigenvalue weighted by Crippen LogP contribution is -2.39. The van der Waals surface area contributed by atoms with Gasteiger partial charge < -0.3 is 9.88 Å². The van der Waals surface area contributed by atoms with Crippen molar-refractivity contribution in [2.45, 2.75) is 31.8 Å². The molecule has 3 aromatic heterocycles. The smallest absolute Gasteiger partial charge is 0.261 e. The molecule has 1 N–H and O–H groups in total. The quantitative estimate of drug-likeness (QED) is 0.568. The Balaban J connectivity index is 1.58. The van der Waals surface area contributed by atoms with Gasteiger partial charge in [-0.2, -0.15) is 5.10 Å². The van der Waals surface area contributed by atoms with Gasteiger partial charge >= 0.3 is 0 Å². The summed E-state index contributed by atoms with van der Waals surface area (Å²) in [6.07, 6.45) is 6.94. The van der Waals surface area contributed by atoms with Gasteiger partial charge in [-0.1, -0.05) is 0 Å². The van der Waals surface area contributed by atoms with Crippen LogP contribution in [0.15, 0.2) is 41.6 Å². The Bertz CT molecular complexity index is 1290. The number of piperidine rings is 1.